The number of aliphatic hydroxyl groups is 1. The van der Waals surface area contributed by atoms with Crippen LogP contribution in [0, 0.1) is 0 Å². The van der Waals surface area contributed by atoms with Gasteiger partial charge in [-0.3, -0.25) is 14.4 Å². The van der Waals surface area contributed by atoms with Gasteiger partial charge in [0, 0.05) is 32.4 Å². The van der Waals surface area contributed by atoms with Gasteiger partial charge in [0.05, 0.1) is 30.4 Å². The van der Waals surface area contributed by atoms with E-state index in [1.165, 1.54) is 13.0 Å². The van der Waals surface area contributed by atoms with Crippen LogP contribution in [-0.2, 0) is 19.6 Å². The predicted molar refractivity (Wildman–Crippen MR) is 164 cm³/mol. The van der Waals surface area contributed by atoms with Crippen molar-refractivity contribution in [3.05, 3.63) is 108 Å². The first-order chi connectivity index (χ1) is 20.8. The first-order valence-corrected chi connectivity index (χ1v) is 15.9. The van der Waals surface area contributed by atoms with Gasteiger partial charge in [0.25, 0.3) is 0 Å². The summed E-state index contributed by atoms with van der Waals surface area (Å²) in [6, 6.07) is 18.6. The van der Waals surface area contributed by atoms with Crippen molar-refractivity contribution >= 4 is 15.9 Å². The number of amides is 1. The van der Waals surface area contributed by atoms with Crippen molar-refractivity contribution in [2.45, 2.75) is 37.6 Å². The average Bonchev–Trinajstić information content (AvgIpc) is 3.38. The summed E-state index contributed by atoms with van der Waals surface area (Å²) in [5.41, 5.74) is 2.53. The highest BCUT2D eigenvalue weighted by molar-refractivity contribution is 7.89. The third-order valence-electron chi connectivity index (χ3n) is 7.17. The zero-order valence-corrected chi connectivity index (χ0v) is 25.7. The second-order valence-electron chi connectivity index (χ2n) is 10.8. The van der Waals surface area contributed by atoms with Gasteiger partial charge >= 0.3 is 6.18 Å². The molecule has 2 N–H and O–H groups in total. The standard InChI is InChI=1S/C32H40F3N3O5S/c1-24(11-10-12-25(2)36-44(41,42)20-19-43-23-32(33,34)35)29(22-38-18-17-28(39)21-38)37(3)31(40)30(26-13-6-4-7-14-26)27-15-8-5-9-16-27/h4-16,28-30,36,39H,1,17-23H2,2-3H3/b11-10-,25-12+/t28-,29-/m1/s1. The molecular formula is C32H40F3N3O5S. The monoisotopic (exact) mass is 635 g/mol. The Labute approximate surface area is 257 Å². The lowest BCUT2D eigenvalue weighted by Gasteiger charge is -2.34. The molecule has 0 aliphatic carbocycles. The van der Waals surface area contributed by atoms with Gasteiger partial charge < -0.3 is 14.7 Å². The quantitative estimate of drug-likeness (QED) is 0.225. The number of aliphatic hydroxyl groups excluding tert-OH is 1. The molecular weight excluding hydrogens is 595 g/mol. The lowest BCUT2D eigenvalue weighted by molar-refractivity contribution is -0.172. The van der Waals surface area contributed by atoms with E-state index in [4.69, 9.17) is 0 Å². The van der Waals surface area contributed by atoms with Crippen LogP contribution >= 0.6 is 0 Å². The van der Waals surface area contributed by atoms with Gasteiger partial charge in [0.2, 0.25) is 15.9 Å². The zero-order chi connectivity index (χ0) is 32.3. The molecule has 0 radical (unpaired) electrons. The van der Waals surface area contributed by atoms with Crippen molar-refractivity contribution in [2.75, 3.05) is 45.6 Å². The Balaban J connectivity index is 1.76. The summed E-state index contributed by atoms with van der Waals surface area (Å²) >= 11 is 0. The molecule has 0 spiro atoms. The van der Waals surface area contributed by atoms with E-state index in [0.717, 1.165) is 11.1 Å². The van der Waals surface area contributed by atoms with Gasteiger partial charge in [-0.1, -0.05) is 79.4 Å². The SMILES string of the molecule is C=C(/C=C\C=C(/C)NS(=O)(=O)CCOCC(F)(F)F)[C@@H](CN1CC[C@@H](O)C1)N(C)C(=O)C(c1ccccc1)c1ccccc1. The van der Waals surface area contributed by atoms with Crippen LogP contribution in [0.4, 0.5) is 13.2 Å². The van der Waals surface area contributed by atoms with E-state index in [9.17, 15) is 31.5 Å². The van der Waals surface area contributed by atoms with Crippen molar-refractivity contribution in [3.8, 4) is 0 Å². The Bertz CT molecular complexity index is 1360. The first-order valence-electron chi connectivity index (χ1n) is 14.2. The molecule has 3 rings (SSSR count). The van der Waals surface area contributed by atoms with Gasteiger partial charge in [0.15, 0.2) is 0 Å². The number of carbonyl (C=O) groups is 1. The number of allylic oxidation sites excluding steroid dienone is 3. The number of sulfonamides is 1. The third kappa shape index (κ3) is 11.2. The van der Waals surface area contributed by atoms with Crippen LogP contribution in [0.15, 0.2) is 96.7 Å². The number of benzene rings is 2. The van der Waals surface area contributed by atoms with E-state index in [1.807, 2.05) is 60.7 Å². The maximum absolute atomic E-state index is 14.2. The largest absolute Gasteiger partial charge is 0.411 e. The fraction of sp³-hybridized carbons (Fsp3) is 0.406. The minimum atomic E-state index is -4.53. The normalized spacial score (nSPS) is 17.2. The molecule has 1 aliphatic heterocycles. The fourth-order valence-corrected chi connectivity index (χ4v) is 5.95. The van der Waals surface area contributed by atoms with Gasteiger partial charge in [-0.2, -0.15) is 13.2 Å². The summed E-state index contributed by atoms with van der Waals surface area (Å²) < 4.78 is 67.8. The fourth-order valence-electron chi connectivity index (χ4n) is 4.95. The molecule has 8 nitrogen and oxygen atoms in total. The van der Waals surface area contributed by atoms with Crippen molar-refractivity contribution in [3.63, 3.8) is 0 Å². The Hall–Kier alpha value is -3.45. The van der Waals surface area contributed by atoms with Crippen LogP contribution in [0.25, 0.3) is 0 Å². The summed E-state index contributed by atoms with van der Waals surface area (Å²) in [6.45, 7) is 5.19. The Morgan fingerprint density at radius 2 is 1.75 bits per heavy atom. The van der Waals surface area contributed by atoms with Gasteiger partial charge in [-0.25, -0.2) is 8.42 Å². The first kappa shape index (κ1) is 35.0. The van der Waals surface area contributed by atoms with Crippen LogP contribution < -0.4 is 4.72 Å². The maximum Gasteiger partial charge on any atom is 0.411 e. The number of nitrogens with one attached hydrogen (secondary N) is 1. The summed E-state index contributed by atoms with van der Waals surface area (Å²) in [4.78, 5) is 17.9. The smallest absolute Gasteiger partial charge is 0.392 e. The van der Waals surface area contributed by atoms with Crippen LogP contribution in [0.5, 0.6) is 0 Å². The molecule has 1 aliphatic rings. The molecule has 2 atom stereocenters. The Kier molecular flexibility index (Phi) is 12.8. The van der Waals surface area contributed by atoms with E-state index >= 15 is 0 Å². The molecule has 12 heteroatoms. The molecule has 0 aromatic heterocycles. The number of ether oxygens (including phenoxy) is 1. The molecule has 1 saturated heterocycles. The molecule has 0 bridgehead atoms. The molecule has 0 unspecified atom stereocenters. The van der Waals surface area contributed by atoms with Crippen molar-refractivity contribution in [1.29, 1.82) is 0 Å². The van der Waals surface area contributed by atoms with E-state index in [0.29, 0.717) is 31.6 Å². The van der Waals surface area contributed by atoms with E-state index < -0.39 is 53.2 Å². The van der Waals surface area contributed by atoms with Crippen molar-refractivity contribution < 1.29 is 36.2 Å². The minimum Gasteiger partial charge on any atom is -0.392 e. The van der Waals surface area contributed by atoms with Gasteiger partial charge in [-0.15, -0.1) is 0 Å². The van der Waals surface area contributed by atoms with Gasteiger partial charge in [0.1, 0.15) is 6.61 Å². The molecule has 0 saturated carbocycles. The summed E-state index contributed by atoms with van der Waals surface area (Å²) in [7, 11) is -2.19. The molecule has 1 fully saturated rings. The molecule has 2 aromatic rings. The van der Waals surface area contributed by atoms with Crippen molar-refractivity contribution in [1.82, 2.24) is 14.5 Å². The maximum atomic E-state index is 14.2. The Morgan fingerprint density at radius 3 is 2.27 bits per heavy atom. The zero-order valence-electron chi connectivity index (χ0n) is 24.9. The lowest BCUT2D eigenvalue weighted by Crippen LogP contribution is -2.47. The van der Waals surface area contributed by atoms with E-state index in [-0.39, 0.29) is 11.6 Å². The summed E-state index contributed by atoms with van der Waals surface area (Å²) in [5, 5.41) is 10.1. The third-order valence-corrected chi connectivity index (χ3v) is 8.51. The highest BCUT2D eigenvalue weighted by Crippen LogP contribution is 2.28. The number of rotatable bonds is 15. The molecule has 1 heterocycles. The summed E-state index contributed by atoms with van der Waals surface area (Å²) in [5.74, 6) is -1.32. The molecule has 240 valence electrons. The summed E-state index contributed by atoms with van der Waals surface area (Å²) in [6.07, 6.45) is 0.428. The lowest BCUT2D eigenvalue weighted by atomic mass is 9.89. The van der Waals surface area contributed by atoms with Gasteiger partial charge in [-0.05, 0) is 36.1 Å². The Morgan fingerprint density at radius 1 is 1.16 bits per heavy atom. The number of hydrogen-bond donors (Lipinski definition) is 2. The number of β-amino-alcohol motifs (C(OH)–C–C–N with tert-alkyl or cyclic N) is 1. The number of nitrogens with zero attached hydrogens (tertiary/aromatic N) is 2. The number of likely N-dealkylation sites (tertiary alicyclic amines) is 1. The number of likely N-dealkylation sites (N-methyl/N-ethyl adjacent to an activating group) is 1. The topological polar surface area (TPSA) is 99.2 Å². The van der Waals surface area contributed by atoms with Crippen LogP contribution in [-0.4, -0.2) is 93.2 Å². The number of halogens is 3. The number of hydrogen-bond acceptors (Lipinski definition) is 6. The second-order valence-corrected chi connectivity index (χ2v) is 12.6. The number of alkyl halides is 3. The highest BCUT2D eigenvalue weighted by Gasteiger charge is 2.33. The van der Waals surface area contributed by atoms with E-state index in [1.54, 1.807) is 24.1 Å². The van der Waals surface area contributed by atoms with E-state index in [2.05, 4.69) is 20.9 Å². The van der Waals surface area contributed by atoms with Crippen LogP contribution in [0.3, 0.4) is 0 Å². The van der Waals surface area contributed by atoms with Crippen LogP contribution in [0.1, 0.15) is 30.4 Å². The molecule has 1 amide bonds. The van der Waals surface area contributed by atoms with Crippen LogP contribution in [0.2, 0.25) is 0 Å². The average molecular weight is 636 g/mol. The second kappa shape index (κ2) is 16.0. The number of carbonyl (C=O) groups excluding carboxylic acids is 1. The molecule has 2 aromatic carbocycles. The van der Waals surface area contributed by atoms with Crippen molar-refractivity contribution in [2.24, 2.45) is 0 Å². The predicted octanol–water partition coefficient (Wildman–Crippen LogP) is 4.23. The minimum absolute atomic E-state index is 0.131. The molecule has 44 heavy (non-hydrogen) atoms. The highest BCUT2D eigenvalue weighted by atomic mass is 32.2.